The maximum absolute atomic E-state index is 14.7. The number of pyridine rings is 1. The minimum atomic E-state index is -0.717. The van der Waals surface area contributed by atoms with Gasteiger partial charge in [-0.25, -0.2) is 19.1 Å². The van der Waals surface area contributed by atoms with Gasteiger partial charge in [-0.2, -0.15) is 0 Å². The Balaban J connectivity index is 0.999. The first-order valence-corrected chi connectivity index (χ1v) is 14.1. The van der Waals surface area contributed by atoms with Crippen molar-refractivity contribution in [3.8, 4) is 22.8 Å². The molecule has 8 heteroatoms. The zero-order chi connectivity index (χ0) is 29.1. The summed E-state index contributed by atoms with van der Waals surface area (Å²) in [6, 6.07) is 24.3. The molecule has 7 nitrogen and oxygen atoms in total. The molecule has 0 aliphatic heterocycles. The third-order valence-corrected chi connectivity index (χ3v) is 7.97. The molecule has 0 unspecified atom stereocenters. The Labute approximate surface area is 243 Å². The van der Waals surface area contributed by atoms with E-state index in [2.05, 4.69) is 4.98 Å². The van der Waals surface area contributed by atoms with E-state index in [9.17, 15) is 14.3 Å². The summed E-state index contributed by atoms with van der Waals surface area (Å²) in [6.45, 7) is 3.21. The van der Waals surface area contributed by atoms with Crippen molar-refractivity contribution in [2.75, 3.05) is 13.2 Å². The molecule has 42 heavy (non-hydrogen) atoms. The van der Waals surface area contributed by atoms with Gasteiger partial charge >= 0.3 is 5.97 Å². The van der Waals surface area contributed by atoms with Gasteiger partial charge in [-0.05, 0) is 71.8 Å². The van der Waals surface area contributed by atoms with Crippen molar-refractivity contribution in [2.45, 2.75) is 38.9 Å². The van der Waals surface area contributed by atoms with E-state index in [-0.39, 0.29) is 30.2 Å². The van der Waals surface area contributed by atoms with Crippen molar-refractivity contribution in [3.63, 3.8) is 0 Å². The number of carbonyl (C=O) groups is 1. The van der Waals surface area contributed by atoms with Crippen LogP contribution < -0.4 is 9.47 Å². The zero-order valence-electron chi connectivity index (χ0n) is 23.3. The molecule has 0 saturated heterocycles. The van der Waals surface area contributed by atoms with Crippen molar-refractivity contribution in [1.82, 2.24) is 4.98 Å². The molecule has 0 amide bonds. The van der Waals surface area contributed by atoms with Crippen LogP contribution in [0.15, 0.2) is 78.9 Å². The molecule has 1 heterocycles. The fraction of sp³-hybridized carbons (Fsp3) is 0.294. The number of nitrogens with zero attached hydrogens (tertiary/aromatic N) is 1. The number of benzene rings is 3. The second-order valence-corrected chi connectivity index (χ2v) is 10.8. The summed E-state index contributed by atoms with van der Waals surface area (Å²) in [5.41, 5.74) is 6.20. The van der Waals surface area contributed by atoms with Gasteiger partial charge < -0.3 is 14.6 Å². The first-order valence-electron chi connectivity index (χ1n) is 14.1. The van der Waals surface area contributed by atoms with Gasteiger partial charge in [0.15, 0.2) is 0 Å². The average Bonchev–Trinajstić information content (AvgIpc) is 3.59. The molecule has 4 aromatic rings. The van der Waals surface area contributed by atoms with Gasteiger partial charge in [-0.3, -0.25) is 4.79 Å². The first kappa shape index (κ1) is 27.9. The lowest BCUT2D eigenvalue weighted by Gasteiger charge is -2.13. The molecule has 2 aliphatic rings. The highest BCUT2D eigenvalue weighted by Gasteiger charge is 2.59. The number of hydrogen-bond donors (Lipinski definition) is 1. The summed E-state index contributed by atoms with van der Waals surface area (Å²) in [4.78, 5) is 26.4. The zero-order valence-corrected chi connectivity index (χ0v) is 23.3. The molecule has 0 spiro atoms. The molecule has 1 N–H and O–H groups in total. The van der Waals surface area contributed by atoms with Gasteiger partial charge in [0.2, 0.25) is 5.88 Å². The highest BCUT2D eigenvalue weighted by Crippen LogP contribution is 2.61. The third-order valence-electron chi connectivity index (χ3n) is 7.97. The predicted octanol–water partition coefficient (Wildman–Crippen LogP) is 6.66. The van der Waals surface area contributed by atoms with E-state index < -0.39 is 5.97 Å². The molecule has 1 aromatic heterocycles. The standard InChI is InChI=1S/C34H32FNO6/c1-21-27(11-13-31(36-21)39-14-5-15-41-42-19-22-6-3-2-4-7-22)23-8-12-30(35)25(16-23)20-40-26-9-10-28-24(17-26)18-29-32(28)33(29)34(37)38/h2-4,6-13,16-17,29,32-33H,5,14-15,18-20H2,1H3,(H,37,38)/t29-,32+,33+/m1/s1. The molecular weight excluding hydrogens is 537 g/mol. The summed E-state index contributed by atoms with van der Waals surface area (Å²) < 4.78 is 26.4. The van der Waals surface area contributed by atoms with Crippen LogP contribution in [0.1, 0.15) is 40.3 Å². The Hall–Kier alpha value is -4.27. The van der Waals surface area contributed by atoms with Crippen LogP contribution in [0.2, 0.25) is 0 Å². The Morgan fingerprint density at radius 2 is 1.81 bits per heavy atom. The molecule has 216 valence electrons. The van der Waals surface area contributed by atoms with E-state index in [1.807, 2.05) is 61.5 Å². The van der Waals surface area contributed by atoms with Gasteiger partial charge in [-0.15, -0.1) is 0 Å². The van der Waals surface area contributed by atoms with Crippen LogP contribution in [0.25, 0.3) is 11.1 Å². The van der Waals surface area contributed by atoms with Crippen molar-refractivity contribution >= 4 is 5.97 Å². The second-order valence-electron chi connectivity index (χ2n) is 10.8. The van der Waals surface area contributed by atoms with Crippen LogP contribution in [0.5, 0.6) is 11.6 Å². The number of carboxylic acids is 1. The minimum Gasteiger partial charge on any atom is -0.489 e. The third kappa shape index (κ3) is 6.15. The van der Waals surface area contributed by atoms with Crippen molar-refractivity contribution in [3.05, 3.63) is 113 Å². The van der Waals surface area contributed by atoms with Crippen molar-refractivity contribution < 1.29 is 33.5 Å². The lowest BCUT2D eigenvalue weighted by atomic mass is 10.0. The number of ether oxygens (including phenoxy) is 2. The molecule has 1 saturated carbocycles. The average molecular weight is 570 g/mol. The Morgan fingerprint density at radius 1 is 0.952 bits per heavy atom. The van der Waals surface area contributed by atoms with Gasteiger partial charge in [0.05, 0.1) is 19.1 Å². The van der Waals surface area contributed by atoms with Gasteiger partial charge in [0.1, 0.15) is 24.8 Å². The monoisotopic (exact) mass is 569 g/mol. The summed E-state index contributed by atoms with van der Waals surface area (Å²) in [7, 11) is 0. The SMILES string of the molecule is Cc1nc(OCCCOOCc2ccccc2)ccc1-c1ccc(F)c(COc2ccc3c(c2)C[C@H]2[C@H](C(=O)O)[C@@H]32)c1. The van der Waals surface area contributed by atoms with Crippen LogP contribution in [0, 0.1) is 24.6 Å². The molecule has 3 aromatic carbocycles. The number of rotatable bonds is 13. The minimum absolute atomic E-state index is 0.0773. The largest absolute Gasteiger partial charge is 0.489 e. The Bertz CT molecular complexity index is 1580. The summed E-state index contributed by atoms with van der Waals surface area (Å²) >= 11 is 0. The summed E-state index contributed by atoms with van der Waals surface area (Å²) in [5.74, 6) is 0.152. The molecule has 0 radical (unpaired) electrons. The normalized spacial score (nSPS) is 18.3. The number of fused-ring (bicyclic) bond motifs is 3. The second kappa shape index (κ2) is 12.3. The summed E-state index contributed by atoms with van der Waals surface area (Å²) in [6.07, 6.45) is 1.40. The molecule has 6 rings (SSSR count). The maximum atomic E-state index is 14.7. The smallest absolute Gasteiger partial charge is 0.307 e. The van der Waals surface area contributed by atoms with E-state index in [0.717, 1.165) is 39.9 Å². The van der Waals surface area contributed by atoms with Gasteiger partial charge in [0.25, 0.3) is 0 Å². The number of carboxylic acid groups (broad SMARTS) is 1. The van der Waals surface area contributed by atoms with Crippen LogP contribution in [-0.4, -0.2) is 29.3 Å². The van der Waals surface area contributed by atoms with Crippen LogP contribution in [0.3, 0.4) is 0 Å². The van der Waals surface area contributed by atoms with Crippen LogP contribution in [0.4, 0.5) is 4.39 Å². The molecule has 0 bridgehead atoms. The Kier molecular flexibility index (Phi) is 8.17. The Morgan fingerprint density at radius 3 is 2.62 bits per heavy atom. The van der Waals surface area contributed by atoms with E-state index in [1.165, 1.54) is 6.07 Å². The lowest BCUT2D eigenvalue weighted by molar-refractivity contribution is -0.304. The van der Waals surface area contributed by atoms with Crippen molar-refractivity contribution in [1.29, 1.82) is 0 Å². The fourth-order valence-corrected chi connectivity index (χ4v) is 5.79. The number of aromatic nitrogens is 1. The van der Waals surface area contributed by atoms with Gasteiger partial charge in [-0.1, -0.05) is 42.5 Å². The van der Waals surface area contributed by atoms with E-state index >= 15 is 0 Å². The molecular formula is C34H32FNO6. The number of aliphatic carboxylic acids is 1. The quantitative estimate of drug-likeness (QED) is 0.109. The summed E-state index contributed by atoms with van der Waals surface area (Å²) in [5, 5.41) is 9.33. The van der Waals surface area contributed by atoms with Crippen LogP contribution >= 0.6 is 0 Å². The van der Waals surface area contributed by atoms with Gasteiger partial charge in [0, 0.05) is 35.2 Å². The molecule has 2 aliphatic carbocycles. The number of halogens is 1. The van der Waals surface area contributed by atoms with Crippen LogP contribution in [-0.2, 0) is 34.2 Å². The van der Waals surface area contributed by atoms with E-state index in [4.69, 9.17) is 19.2 Å². The highest BCUT2D eigenvalue weighted by molar-refractivity contribution is 5.78. The predicted molar refractivity (Wildman–Crippen MR) is 153 cm³/mol. The fourth-order valence-electron chi connectivity index (χ4n) is 5.79. The highest BCUT2D eigenvalue weighted by atomic mass is 19.1. The maximum Gasteiger partial charge on any atom is 0.307 e. The number of hydrogen-bond acceptors (Lipinski definition) is 6. The topological polar surface area (TPSA) is 87.1 Å². The molecule has 1 fully saturated rings. The number of aryl methyl sites for hydroxylation is 1. The van der Waals surface area contributed by atoms with Crippen molar-refractivity contribution in [2.24, 2.45) is 11.8 Å². The first-order chi connectivity index (χ1) is 20.5. The van der Waals surface area contributed by atoms with E-state index in [0.29, 0.717) is 43.4 Å². The van der Waals surface area contributed by atoms with E-state index in [1.54, 1.807) is 18.2 Å². The molecule has 3 atom stereocenters. The lowest BCUT2D eigenvalue weighted by Crippen LogP contribution is -2.06.